The van der Waals surface area contributed by atoms with Crippen molar-refractivity contribution in [1.82, 2.24) is 5.32 Å². The topological polar surface area (TPSA) is 76.7 Å². The third-order valence-corrected chi connectivity index (χ3v) is 5.26. The van der Waals surface area contributed by atoms with Crippen molar-refractivity contribution in [3.05, 3.63) is 64.6 Å². The van der Waals surface area contributed by atoms with Gasteiger partial charge in [-0.1, -0.05) is 42.1 Å². The van der Waals surface area contributed by atoms with Gasteiger partial charge in [-0.05, 0) is 43.7 Å². The Bertz CT molecular complexity index is 893. The van der Waals surface area contributed by atoms with Crippen molar-refractivity contribution in [3.63, 3.8) is 0 Å². The molecule has 0 aromatic heterocycles. The first-order valence-corrected chi connectivity index (χ1v) is 10.3. The summed E-state index contributed by atoms with van der Waals surface area (Å²) >= 11 is 1.39. The Morgan fingerprint density at radius 1 is 1.14 bits per heavy atom. The predicted octanol–water partition coefficient (Wildman–Crippen LogP) is 3.90. The molecule has 0 atom stereocenters. The quantitative estimate of drug-likeness (QED) is 0.508. The summed E-state index contributed by atoms with van der Waals surface area (Å²) in [6, 6.07) is 15.0. The predicted molar refractivity (Wildman–Crippen MR) is 115 cm³/mol. The largest absolute Gasteiger partial charge is 0.351 e. The van der Waals surface area contributed by atoms with Crippen molar-refractivity contribution < 1.29 is 19.1 Å². The molecule has 2 N–H and O–H groups in total. The van der Waals surface area contributed by atoms with Gasteiger partial charge in [-0.25, -0.2) is 0 Å². The van der Waals surface area contributed by atoms with Crippen LogP contribution in [-0.4, -0.2) is 37.9 Å². The maximum Gasteiger partial charge on any atom is 0.262 e. The van der Waals surface area contributed by atoms with E-state index < -0.39 is 6.29 Å². The molecule has 2 amide bonds. The fraction of sp³-hybridized carbons (Fsp3) is 0.273. The third-order valence-electron chi connectivity index (χ3n) is 4.17. The Kier molecular flexibility index (Phi) is 7.46. The van der Waals surface area contributed by atoms with Crippen LogP contribution in [0.2, 0.25) is 0 Å². The van der Waals surface area contributed by atoms with E-state index in [0.717, 1.165) is 10.5 Å². The number of hydrogen-bond donors (Lipinski definition) is 2. The number of anilines is 1. The van der Waals surface area contributed by atoms with Crippen molar-refractivity contribution >= 4 is 35.3 Å². The minimum atomic E-state index is -0.479. The highest BCUT2D eigenvalue weighted by Gasteiger charge is 2.22. The molecule has 0 aliphatic carbocycles. The number of carbonyl (C=O) groups excluding carboxylic acids is 2. The Morgan fingerprint density at radius 3 is 2.55 bits per heavy atom. The zero-order chi connectivity index (χ0) is 20.6. The van der Waals surface area contributed by atoms with Crippen LogP contribution in [0.4, 0.5) is 5.69 Å². The molecule has 0 bridgehead atoms. The summed E-state index contributed by atoms with van der Waals surface area (Å²) in [5.41, 5.74) is 2.05. The number of benzene rings is 2. The number of thioether (sulfide) groups is 1. The molecule has 3 rings (SSSR count). The van der Waals surface area contributed by atoms with Crippen LogP contribution in [-0.2, 0) is 14.3 Å². The van der Waals surface area contributed by atoms with E-state index in [-0.39, 0.29) is 18.4 Å². The lowest BCUT2D eigenvalue weighted by molar-refractivity contribution is -0.131. The molecule has 6 nitrogen and oxygen atoms in total. The first kappa shape index (κ1) is 21.1. The Morgan fingerprint density at radius 2 is 1.86 bits per heavy atom. The van der Waals surface area contributed by atoms with E-state index in [4.69, 9.17) is 9.47 Å². The Hall–Kier alpha value is -2.61. The zero-order valence-corrected chi connectivity index (χ0v) is 17.3. The van der Waals surface area contributed by atoms with Gasteiger partial charge >= 0.3 is 0 Å². The number of rotatable bonds is 8. The normalized spacial score (nSPS) is 14.6. The van der Waals surface area contributed by atoms with E-state index in [9.17, 15) is 9.59 Å². The molecule has 0 fully saturated rings. The molecule has 1 aliphatic heterocycles. The molecule has 2 aromatic rings. The summed E-state index contributed by atoms with van der Waals surface area (Å²) in [4.78, 5) is 26.4. The van der Waals surface area contributed by atoms with Crippen LogP contribution in [0.3, 0.4) is 0 Å². The fourth-order valence-electron chi connectivity index (χ4n) is 2.82. The highest BCUT2D eigenvalue weighted by molar-refractivity contribution is 8.04. The Labute approximate surface area is 174 Å². The smallest absolute Gasteiger partial charge is 0.262 e. The van der Waals surface area contributed by atoms with Crippen LogP contribution in [0.1, 0.15) is 29.8 Å². The second kappa shape index (κ2) is 10.2. The van der Waals surface area contributed by atoms with Gasteiger partial charge in [0.05, 0.1) is 17.1 Å². The van der Waals surface area contributed by atoms with Crippen molar-refractivity contribution in [1.29, 1.82) is 0 Å². The average molecular weight is 413 g/mol. The molecular weight excluding hydrogens is 388 g/mol. The van der Waals surface area contributed by atoms with Gasteiger partial charge in [0.1, 0.15) is 0 Å². The van der Waals surface area contributed by atoms with Crippen molar-refractivity contribution in [2.45, 2.75) is 25.0 Å². The first-order chi connectivity index (χ1) is 14.1. The van der Waals surface area contributed by atoms with E-state index in [2.05, 4.69) is 10.6 Å². The Balaban J connectivity index is 1.69. The maximum absolute atomic E-state index is 12.5. The number of nitrogens with one attached hydrogen (secondary N) is 2. The summed E-state index contributed by atoms with van der Waals surface area (Å²) in [6.45, 7) is 5.00. The van der Waals surface area contributed by atoms with Gasteiger partial charge in [0, 0.05) is 23.7 Å². The SMILES string of the molecule is CCOC(CNC(=O)c1ccc2c(c1)NC(=O)/C(=C/c1ccccc1)S2)OCC. The van der Waals surface area contributed by atoms with Crippen LogP contribution >= 0.6 is 11.8 Å². The van der Waals surface area contributed by atoms with Gasteiger partial charge in [0.25, 0.3) is 11.8 Å². The number of carbonyl (C=O) groups is 2. The summed E-state index contributed by atoms with van der Waals surface area (Å²) in [7, 11) is 0. The average Bonchev–Trinajstić information content (AvgIpc) is 2.73. The molecule has 1 aliphatic rings. The lowest BCUT2D eigenvalue weighted by atomic mass is 10.1. The second-order valence-corrected chi connectivity index (χ2v) is 7.32. The van der Waals surface area contributed by atoms with E-state index in [1.165, 1.54) is 11.8 Å². The molecule has 2 aromatic carbocycles. The highest BCUT2D eigenvalue weighted by Crippen LogP contribution is 2.39. The van der Waals surface area contributed by atoms with Gasteiger partial charge in [-0.3, -0.25) is 9.59 Å². The van der Waals surface area contributed by atoms with Crippen molar-refractivity contribution in [2.75, 3.05) is 25.1 Å². The highest BCUT2D eigenvalue weighted by atomic mass is 32.2. The number of amides is 2. The van der Waals surface area contributed by atoms with Gasteiger partial charge < -0.3 is 20.1 Å². The molecule has 0 spiro atoms. The lowest BCUT2D eigenvalue weighted by Gasteiger charge is -2.20. The van der Waals surface area contributed by atoms with Crippen molar-refractivity contribution in [3.8, 4) is 0 Å². The van der Waals surface area contributed by atoms with Crippen LogP contribution in [0.25, 0.3) is 6.08 Å². The molecule has 1 heterocycles. The molecule has 29 heavy (non-hydrogen) atoms. The van der Waals surface area contributed by atoms with Gasteiger partial charge in [-0.15, -0.1) is 0 Å². The van der Waals surface area contributed by atoms with Crippen molar-refractivity contribution in [2.24, 2.45) is 0 Å². The third kappa shape index (κ3) is 5.69. The first-order valence-electron chi connectivity index (χ1n) is 9.52. The monoisotopic (exact) mass is 412 g/mol. The maximum atomic E-state index is 12.5. The lowest BCUT2D eigenvalue weighted by Crippen LogP contribution is -2.35. The van der Waals surface area contributed by atoms with Gasteiger partial charge in [0.2, 0.25) is 0 Å². The molecule has 152 valence electrons. The molecule has 0 saturated carbocycles. The minimum Gasteiger partial charge on any atom is -0.351 e. The molecular formula is C22H24N2O4S. The van der Waals surface area contributed by atoms with Gasteiger partial charge in [0.15, 0.2) is 6.29 Å². The van der Waals surface area contributed by atoms with E-state index in [0.29, 0.717) is 29.4 Å². The second-order valence-electron chi connectivity index (χ2n) is 6.24. The summed E-state index contributed by atoms with van der Waals surface area (Å²) in [5.74, 6) is -0.432. The summed E-state index contributed by atoms with van der Waals surface area (Å²) in [6.07, 6.45) is 1.37. The molecule has 0 radical (unpaired) electrons. The van der Waals surface area contributed by atoms with E-state index in [1.807, 2.05) is 56.3 Å². The summed E-state index contributed by atoms with van der Waals surface area (Å²) in [5, 5.41) is 5.68. The van der Waals surface area contributed by atoms with Crippen LogP contribution in [0.15, 0.2) is 58.3 Å². The number of hydrogen-bond acceptors (Lipinski definition) is 5. The van der Waals surface area contributed by atoms with Crippen LogP contribution in [0.5, 0.6) is 0 Å². The molecule has 7 heteroatoms. The van der Waals surface area contributed by atoms with E-state index in [1.54, 1.807) is 12.1 Å². The number of fused-ring (bicyclic) bond motifs is 1. The number of ether oxygens (including phenoxy) is 2. The molecule has 0 saturated heterocycles. The van der Waals surface area contributed by atoms with Gasteiger partial charge in [-0.2, -0.15) is 0 Å². The summed E-state index contributed by atoms with van der Waals surface area (Å²) < 4.78 is 10.9. The zero-order valence-electron chi connectivity index (χ0n) is 16.4. The van der Waals surface area contributed by atoms with Crippen LogP contribution < -0.4 is 10.6 Å². The fourth-order valence-corrected chi connectivity index (χ4v) is 3.75. The van der Waals surface area contributed by atoms with E-state index >= 15 is 0 Å². The molecule has 0 unspecified atom stereocenters. The minimum absolute atomic E-state index is 0.184. The standard InChI is InChI=1S/C22H24N2O4S/c1-3-27-20(28-4-2)14-23-21(25)16-10-11-18-17(13-16)24-22(26)19(29-18)12-15-8-6-5-7-9-15/h5-13,20H,3-4,14H2,1-2H3,(H,23,25)(H,24,26)/b19-12-. The van der Waals surface area contributed by atoms with Crippen LogP contribution in [0, 0.1) is 0 Å².